The maximum Gasteiger partial charge on any atom is 0.269 e. The van der Waals surface area contributed by atoms with E-state index in [4.69, 9.17) is 0 Å². The van der Waals surface area contributed by atoms with Crippen LogP contribution in [0.15, 0.2) is 36.8 Å². The highest BCUT2D eigenvalue weighted by atomic mass is 16.6. The molecule has 0 bridgehead atoms. The SMILES string of the molecule is CC.CNc1ncnc2c1c(C)cn2Cc1ccc([N+](=O)[O-])cc1. The quantitative estimate of drug-likeness (QED) is 0.582. The van der Waals surface area contributed by atoms with Crippen molar-refractivity contribution in [3.05, 3.63) is 58.0 Å². The molecule has 0 aliphatic heterocycles. The third-order valence-corrected chi connectivity index (χ3v) is 3.58. The van der Waals surface area contributed by atoms with Gasteiger partial charge in [-0.05, 0) is 18.1 Å². The fourth-order valence-electron chi connectivity index (χ4n) is 2.55. The van der Waals surface area contributed by atoms with E-state index in [0.29, 0.717) is 6.54 Å². The molecule has 1 N–H and O–H groups in total. The van der Waals surface area contributed by atoms with Gasteiger partial charge >= 0.3 is 0 Å². The van der Waals surface area contributed by atoms with Crippen LogP contribution >= 0.6 is 0 Å². The zero-order chi connectivity index (χ0) is 17.7. The Morgan fingerprint density at radius 1 is 1.21 bits per heavy atom. The van der Waals surface area contributed by atoms with Gasteiger partial charge in [0.25, 0.3) is 5.69 Å². The summed E-state index contributed by atoms with van der Waals surface area (Å²) in [7, 11) is 1.83. The van der Waals surface area contributed by atoms with Crippen molar-refractivity contribution in [3.8, 4) is 0 Å². The van der Waals surface area contributed by atoms with E-state index in [1.54, 1.807) is 12.1 Å². The van der Waals surface area contributed by atoms with Crippen molar-refractivity contribution in [1.29, 1.82) is 0 Å². The fraction of sp³-hybridized carbons (Fsp3) is 0.294. The second-order valence-electron chi connectivity index (χ2n) is 5.03. The van der Waals surface area contributed by atoms with Crippen LogP contribution < -0.4 is 5.32 Å². The number of anilines is 1. The lowest BCUT2D eigenvalue weighted by Gasteiger charge is -2.06. The van der Waals surface area contributed by atoms with Crippen molar-refractivity contribution >= 4 is 22.5 Å². The Morgan fingerprint density at radius 3 is 2.46 bits per heavy atom. The topological polar surface area (TPSA) is 85.9 Å². The molecule has 24 heavy (non-hydrogen) atoms. The lowest BCUT2D eigenvalue weighted by Crippen LogP contribution is -2.01. The highest BCUT2D eigenvalue weighted by Gasteiger charge is 2.12. The van der Waals surface area contributed by atoms with Crippen LogP contribution in [0.2, 0.25) is 0 Å². The number of fused-ring (bicyclic) bond motifs is 1. The van der Waals surface area contributed by atoms with Crippen molar-refractivity contribution in [2.75, 3.05) is 12.4 Å². The maximum absolute atomic E-state index is 10.7. The first kappa shape index (κ1) is 17.4. The van der Waals surface area contributed by atoms with E-state index >= 15 is 0 Å². The monoisotopic (exact) mass is 327 g/mol. The molecule has 2 heterocycles. The van der Waals surface area contributed by atoms with Gasteiger partial charge in [-0.25, -0.2) is 9.97 Å². The summed E-state index contributed by atoms with van der Waals surface area (Å²) < 4.78 is 2.02. The second kappa shape index (κ2) is 7.54. The van der Waals surface area contributed by atoms with Gasteiger partial charge < -0.3 is 9.88 Å². The van der Waals surface area contributed by atoms with Gasteiger partial charge in [-0.1, -0.05) is 26.0 Å². The predicted octanol–water partition coefficient (Wildman–Crippen LogP) is 3.76. The third-order valence-electron chi connectivity index (χ3n) is 3.58. The molecule has 2 aromatic heterocycles. The van der Waals surface area contributed by atoms with Gasteiger partial charge in [-0.3, -0.25) is 10.1 Å². The molecule has 0 saturated carbocycles. The molecule has 0 fully saturated rings. The minimum absolute atomic E-state index is 0.0945. The zero-order valence-electron chi connectivity index (χ0n) is 14.3. The first-order valence-corrected chi connectivity index (χ1v) is 7.81. The van der Waals surface area contributed by atoms with Crippen LogP contribution in [0.3, 0.4) is 0 Å². The Labute approximate surface area is 140 Å². The molecular formula is C17H21N5O2. The van der Waals surface area contributed by atoms with Gasteiger partial charge in [0.15, 0.2) is 0 Å². The molecule has 0 amide bonds. The molecule has 0 saturated heterocycles. The summed E-state index contributed by atoms with van der Waals surface area (Å²) in [4.78, 5) is 18.9. The molecule has 0 atom stereocenters. The van der Waals surface area contributed by atoms with Crippen molar-refractivity contribution in [2.24, 2.45) is 0 Å². The molecule has 0 aliphatic carbocycles. The first-order chi connectivity index (χ1) is 11.6. The summed E-state index contributed by atoms with van der Waals surface area (Å²) in [6.45, 7) is 6.61. The number of aromatic nitrogens is 3. The Bertz CT molecular complexity index is 840. The fourth-order valence-corrected chi connectivity index (χ4v) is 2.55. The highest BCUT2D eigenvalue weighted by molar-refractivity contribution is 5.90. The Kier molecular flexibility index (Phi) is 5.47. The van der Waals surface area contributed by atoms with Crippen LogP contribution in [0.5, 0.6) is 0 Å². The summed E-state index contributed by atoms with van der Waals surface area (Å²) in [5, 5.41) is 14.8. The number of non-ortho nitro benzene ring substituents is 1. The molecule has 0 radical (unpaired) electrons. The van der Waals surface area contributed by atoms with Crippen LogP contribution in [-0.4, -0.2) is 26.5 Å². The zero-order valence-corrected chi connectivity index (χ0v) is 14.3. The minimum Gasteiger partial charge on any atom is -0.372 e. The third kappa shape index (κ3) is 3.34. The van der Waals surface area contributed by atoms with Gasteiger partial charge in [-0.15, -0.1) is 0 Å². The predicted molar refractivity (Wildman–Crippen MR) is 95.4 cm³/mol. The van der Waals surface area contributed by atoms with Gasteiger partial charge in [-0.2, -0.15) is 0 Å². The lowest BCUT2D eigenvalue weighted by molar-refractivity contribution is -0.384. The smallest absolute Gasteiger partial charge is 0.269 e. The maximum atomic E-state index is 10.7. The molecule has 0 unspecified atom stereocenters. The summed E-state index contributed by atoms with van der Waals surface area (Å²) in [6.07, 6.45) is 3.54. The molecule has 1 aromatic carbocycles. The lowest BCUT2D eigenvalue weighted by atomic mass is 10.2. The average Bonchev–Trinajstić information content (AvgIpc) is 2.93. The van der Waals surface area contributed by atoms with Gasteiger partial charge in [0.05, 0.1) is 10.3 Å². The Morgan fingerprint density at radius 2 is 1.88 bits per heavy atom. The number of nitro benzene ring substituents is 1. The summed E-state index contributed by atoms with van der Waals surface area (Å²) in [5.74, 6) is 0.796. The number of rotatable bonds is 4. The largest absolute Gasteiger partial charge is 0.372 e. The van der Waals surface area contributed by atoms with Crippen molar-refractivity contribution in [1.82, 2.24) is 14.5 Å². The van der Waals surface area contributed by atoms with Gasteiger partial charge in [0, 0.05) is 31.9 Å². The highest BCUT2D eigenvalue weighted by Crippen LogP contribution is 2.25. The van der Waals surface area contributed by atoms with Crippen LogP contribution in [-0.2, 0) is 6.54 Å². The van der Waals surface area contributed by atoms with Crippen molar-refractivity contribution < 1.29 is 4.92 Å². The summed E-state index contributed by atoms with van der Waals surface area (Å²) in [5.41, 5.74) is 3.00. The van der Waals surface area contributed by atoms with Crippen molar-refractivity contribution in [3.63, 3.8) is 0 Å². The minimum atomic E-state index is -0.397. The van der Waals surface area contributed by atoms with Gasteiger partial charge in [0.1, 0.15) is 17.8 Å². The molecule has 0 spiro atoms. The summed E-state index contributed by atoms with van der Waals surface area (Å²) in [6, 6.07) is 6.56. The average molecular weight is 327 g/mol. The molecule has 126 valence electrons. The normalized spacial score (nSPS) is 10.2. The molecular weight excluding hydrogens is 306 g/mol. The molecule has 3 aromatic rings. The van der Waals surface area contributed by atoms with Crippen molar-refractivity contribution in [2.45, 2.75) is 27.3 Å². The Balaban J connectivity index is 0.00000100. The number of hydrogen-bond acceptors (Lipinski definition) is 5. The summed E-state index contributed by atoms with van der Waals surface area (Å²) >= 11 is 0. The van der Waals surface area contributed by atoms with Crippen LogP contribution in [0, 0.1) is 17.0 Å². The number of nitrogens with one attached hydrogen (secondary N) is 1. The van der Waals surface area contributed by atoms with E-state index in [1.165, 1.54) is 18.5 Å². The van der Waals surface area contributed by atoms with E-state index < -0.39 is 4.92 Å². The molecule has 7 heteroatoms. The number of hydrogen-bond donors (Lipinski definition) is 1. The number of benzene rings is 1. The van der Waals surface area contributed by atoms with Crippen LogP contribution in [0.4, 0.5) is 11.5 Å². The number of nitrogens with zero attached hydrogens (tertiary/aromatic N) is 4. The van der Waals surface area contributed by atoms with E-state index in [0.717, 1.165) is 28.0 Å². The molecule has 3 rings (SSSR count). The number of aryl methyl sites for hydroxylation is 1. The first-order valence-electron chi connectivity index (χ1n) is 7.81. The molecule has 0 aliphatic rings. The molecule has 7 nitrogen and oxygen atoms in total. The van der Waals surface area contributed by atoms with E-state index in [2.05, 4.69) is 15.3 Å². The van der Waals surface area contributed by atoms with E-state index in [1.807, 2.05) is 38.6 Å². The Hall–Kier alpha value is -2.96. The van der Waals surface area contributed by atoms with E-state index in [-0.39, 0.29) is 5.69 Å². The standard InChI is InChI=1S/C15H15N5O2.C2H6/c1-10-7-19(15-13(10)14(16-2)17-9-18-15)8-11-3-5-12(6-4-11)20(21)22;1-2/h3-7,9H,8H2,1-2H3,(H,16,17,18);1-2H3. The second-order valence-corrected chi connectivity index (χ2v) is 5.03. The number of nitro groups is 1. The van der Waals surface area contributed by atoms with Crippen LogP contribution in [0.1, 0.15) is 25.0 Å². The van der Waals surface area contributed by atoms with Gasteiger partial charge in [0.2, 0.25) is 0 Å². The van der Waals surface area contributed by atoms with E-state index in [9.17, 15) is 10.1 Å². The van der Waals surface area contributed by atoms with Crippen LogP contribution in [0.25, 0.3) is 11.0 Å².